The van der Waals surface area contributed by atoms with E-state index in [1.54, 1.807) is 24.3 Å². The molecule has 0 aliphatic carbocycles. The predicted molar refractivity (Wildman–Crippen MR) is 113 cm³/mol. The maximum absolute atomic E-state index is 13.1. The van der Waals surface area contributed by atoms with Gasteiger partial charge in [0.2, 0.25) is 11.8 Å². The molecule has 9 heteroatoms. The van der Waals surface area contributed by atoms with Crippen LogP contribution >= 0.6 is 11.8 Å². The van der Waals surface area contributed by atoms with Gasteiger partial charge in [0.1, 0.15) is 11.1 Å². The SMILES string of the molecule is CCN1C(=O)C(CC(=O)Nc2ccccc2OC(C)=O)SC1=Nc1ccc(F)cc1. The van der Waals surface area contributed by atoms with Gasteiger partial charge in [-0.1, -0.05) is 23.9 Å². The van der Waals surface area contributed by atoms with Crippen LogP contribution in [0, 0.1) is 5.82 Å². The number of nitrogens with zero attached hydrogens (tertiary/aromatic N) is 2. The third kappa shape index (κ3) is 5.24. The number of amidine groups is 1. The van der Waals surface area contributed by atoms with Crippen LogP contribution in [0.25, 0.3) is 0 Å². The average molecular weight is 429 g/mol. The molecule has 0 spiro atoms. The summed E-state index contributed by atoms with van der Waals surface area (Å²) in [5.74, 6) is -1.24. The summed E-state index contributed by atoms with van der Waals surface area (Å²) in [6.07, 6.45) is -0.0726. The first-order chi connectivity index (χ1) is 14.4. The Morgan fingerprint density at radius 3 is 2.57 bits per heavy atom. The van der Waals surface area contributed by atoms with E-state index >= 15 is 0 Å². The monoisotopic (exact) mass is 429 g/mol. The zero-order valence-electron chi connectivity index (χ0n) is 16.4. The van der Waals surface area contributed by atoms with Crippen LogP contribution in [0.15, 0.2) is 53.5 Å². The number of esters is 1. The maximum atomic E-state index is 13.1. The van der Waals surface area contributed by atoms with E-state index in [1.165, 1.54) is 47.9 Å². The molecule has 0 bridgehead atoms. The van der Waals surface area contributed by atoms with E-state index in [-0.39, 0.29) is 29.8 Å². The Morgan fingerprint density at radius 2 is 1.90 bits per heavy atom. The summed E-state index contributed by atoms with van der Waals surface area (Å²) in [7, 11) is 0. The molecule has 1 atom stereocenters. The fourth-order valence-corrected chi connectivity index (χ4v) is 4.05. The molecule has 0 aromatic heterocycles. The number of hydrogen-bond donors (Lipinski definition) is 1. The number of aliphatic imine (C=N–C) groups is 1. The van der Waals surface area contributed by atoms with Crippen molar-refractivity contribution < 1.29 is 23.5 Å². The molecule has 1 aliphatic rings. The molecular formula is C21H20FN3O4S. The molecule has 0 radical (unpaired) electrons. The van der Waals surface area contributed by atoms with Gasteiger partial charge in [0.15, 0.2) is 10.9 Å². The van der Waals surface area contributed by atoms with Gasteiger partial charge in [0, 0.05) is 19.9 Å². The number of anilines is 1. The van der Waals surface area contributed by atoms with Crippen molar-refractivity contribution in [3.8, 4) is 5.75 Å². The van der Waals surface area contributed by atoms with E-state index in [0.29, 0.717) is 23.1 Å². The Bertz CT molecular complexity index is 994. The van der Waals surface area contributed by atoms with Crippen LogP contribution in [-0.4, -0.2) is 39.6 Å². The molecule has 156 valence electrons. The van der Waals surface area contributed by atoms with Crippen LogP contribution < -0.4 is 10.1 Å². The number of carbonyl (C=O) groups is 3. The van der Waals surface area contributed by atoms with Gasteiger partial charge in [-0.05, 0) is 43.3 Å². The van der Waals surface area contributed by atoms with Gasteiger partial charge in [-0.15, -0.1) is 0 Å². The van der Waals surface area contributed by atoms with Crippen molar-refractivity contribution >= 4 is 46.1 Å². The largest absolute Gasteiger partial charge is 0.424 e. The Kier molecular flexibility index (Phi) is 6.83. The van der Waals surface area contributed by atoms with E-state index in [9.17, 15) is 18.8 Å². The summed E-state index contributed by atoms with van der Waals surface area (Å²) in [6, 6.07) is 12.2. The lowest BCUT2D eigenvalue weighted by molar-refractivity contribution is -0.132. The number of ether oxygens (including phenoxy) is 1. The first-order valence-electron chi connectivity index (χ1n) is 9.27. The molecule has 1 unspecified atom stereocenters. The van der Waals surface area contributed by atoms with Crippen LogP contribution in [0.3, 0.4) is 0 Å². The van der Waals surface area contributed by atoms with Gasteiger partial charge in [-0.2, -0.15) is 0 Å². The lowest BCUT2D eigenvalue weighted by atomic mass is 10.2. The van der Waals surface area contributed by atoms with Crippen LogP contribution in [0.5, 0.6) is 5.75 Å². The summed E-state index contributed by atoms with van der Waals surface area (Å²) < 4.78 is 18.2. The number of nitrogens with one attached hydrogen (secondary N) is 1. The highest BCUT2D eigenvalue weighted by atomic mass is 32.2. The quantitative estimate of drug-likeness (QED) is 0.558. The lowest BCUT2D eigenvalue weighted by Gasteiger charge is -2.13. The second-order valence-corrected chi connectivity index (χ2v) is 7.57. The molecule has 2 aromatic rings. The highest BCUT2D eigenvalue weighted by Gasteiger charge is 2.38. The Morgan fingerprint density at radius 1 is 1.20 bits per heavy atom. The Labute approximate surface area is 177 Å². The average Bonchev–Trinajstić information content (AvgIpc) is 2.99. The lowest BCUT2D eigenvalue weighted by Crippen LogP contribution is -2.33. The minimum Gasteiger partial charge on any atom is -0.424 e. The Hall–Kier alpha value is -3.20. The van der Waals surface area contributed by atoms with E-state index in [1.807, 2.05) is 6.92 Å². The number of hydrogen-bond acceptors (Lipinski definition) is 6. The molecule has 2 amide bonds. The minimum absolute atomic E-state index is 0.0726. The summed E-state index contributed by atoms with van der Waals surface area (Å²) in [6.45, 7) is 3.49. The Balaban J connectivity index is 1.71. The molecule has 0 saturated carbocycles. The fourth-order valence-electron chi connectivity index (χ4n) is 2.83. The van der Waals surface area contributed by atoms with Gasteiger partial charge in [0.05, 0.1) is 11.4 Å². The third-order valence-corrected chi connectivity index (χ3v) is 5.35. The van der Waals surface area contributed by atoms with Crippen LogP contribution in [0.4, 0.5) is 15.8 Å². The standard InChI is InChI=1S/C21H20FN3O4S/c1-3-25-20(28)18(30-21(25)23-15-10-8-14(22)9-11-15)12-19(27)24-16-6-4-5-7-17(16)29-13(2)26/h4-11,18H,3,12H2,1-2H3,(H,24,27). The molecule has 3 rings (SSSR count). The highest BCUT2D eigenvalue weighted by molar-refractivity contribution is 8.15. The zero-order valence-corrected chi connectivity index (χ0v) is 17.2. The van der Waals surface area contributed by atoms with E-state index in [2.05, 4.69) is 10.3 Å². The van der Waals surface area contributed by atoms with Gasteiger partial charge < -0.3 is 10.1 Å². The van der Waals surface area contributed by atoms with Crippen molar-refractivity contribution in [1.82, 2.24) is 4.90 Å². The predicted octanol–water partition coefficient (Wildman–Crippen LogP) is 3.73. The number of halogens is 1. The summed E-state index contributed by atoms with van der Waals surface area (Å²) >= 11 is 1.19. The molecule has 1 saturated heterocycles. The van der Waals surface area contributed by atoms with Crippen LogP contribution in [0.1, 0.15) is 20.3 Å². The molecule has 1 heterocycles. The fraction of sp³-hybridized carbons (Fsp3) is 0.238. The smallest absolute Gasteiger partial charge is 0.308 e. The van der Waals surface area contributed by atoms with Gasteiger partial charge in [-0.25, -0.2) is 9.38 Å². The van der Waals surface area contributed by atoms with Crippen LogP contribution in [0.2, 0.25) is 0 Å². The van der Waals surface area contributed by atoms with E-state index in [0.717, 1.165) is 0 Å². The first-order valence-corrected chi connectivity index (χ1v) is 10.1. The van der Waals surface area contributed by atoms with Gasteiger partial charge >= 0.3 is 5.97 Å². The maximum Gasteiger partial charge on any atom is 0.308 e. The number of thioether (sulfide) groups is 1. The number of para-hydroxylation sites is 2. The molecule has 1 N–H and O–H groups in total. The normalized spacial score (nSPS) is 17.3. The number of carbonyl (C=O) groups excluding carboxylic acids is 3. The number of benzene rings is 2. The van der Waals surface area contributed by atoms with Crippen molar-refractivity contribution in [1.29, 1.82) is 0 Å². The highest BCUT2D eigenvalue weighted by Crippen LogP contribution is 2.32. The molecule has 2 aromatic carbocycles. The van der Waals surface area contributed by atoms with Gasteiger partial charge in [-0.3, -0.25) is 19.3 Å². The van der Waals surface area contributed by atoms with Crippen molar-refractivity contribution in [2.75, 3.05) is 11.9 Å². The second-order valence-electron chi connectivity index (χ2n) is 6.40. The molecule has 30 heavy (non-hydrogen) atoms. The summed E-state index contributed by atoms with van der Waals surface area (Å²) in [5, 5.41) is 2.52. The van der Waals surface area contributed by atoms with Crippen molar-refractivity contribution in [3.05, 3.63) is 54.3 Å². The molecule has 1 aliphatic heterocycles. The topological polar surface area (TPSA) is 88.1 Å². The van der Waals surface area contributed by atoms with Gasteiger partial charge in [0.25, 0.3) is 0 Å². The second kappa shape index (κ2) is 9.53. The van der Waals surface area contributed by atoms with Crippen molar-refractivity contribution in [3.63, 3.8) is 0 Å². The minimum atomic E-state index is -0.634. The van der Waals surface area contributed by atoms with Crippen molar-refractivity contribution in [2.24, 2.45) is 4.99 Å². The van der Waals surface area contributed by atoms with E-state index in [4.69, 9.17) is 4.74 Å². The number of rotatable bonds is 6. The molecular weight excluding hydrogens is 409 g/mol. The van der Waals surface area contributed by atoms with E-state index < -0.39 is 11.2 Å². The molecule has 7 nitrogen and oxygen atoms in total. The third-order valence-electron chi connectivity index (χ3n) is 4.17. The zero-order chi connectivity index (χ0) is 21.7. The number of amides is 2. The van der Waals surface area contributed by atoms with Crippen molar-refractivity contribution in [2.45, 2.75) is 25.5 Å². The summed E-state index contributed by atoms with van der Waals surface area (Å²) in [4.78, 5) is 42.4. The first kappa shape index (κ1) is 21.5. The summed E-state index contributed by atoms with van der Waals surface area (Å²) in [5.41, 5.74) is 0.867. The molecule has 1 fully saturated rings. The van der Waals surface area contributed by atoms with Crippen LogP contribution in [-0.2, 0) is 14.4 Å².